The molecule has 1 aromatic carbocycles. The summed E-state index contributed by atoms with van der Waals surface area (Å²) in [5.74, 6) is 0.0576. The Bertz CT molecular complexity index is 412. The van der Waals surface area contributed by atoms with Crippen molar-refractivity contribution < 1.29 is 9.53 Å². The Hall–Kier alpha value is -1.39. The molecule has 1 aromatic rings. The Labute approximate surface area is 121 Å². The molecule has 0 aromatic heterocycles. The van der Waals surface area contributed by atoms with Crippen LogP contribution in [0.4, 0.5) is 0 Å². The third kappa shape index (κ3) is 6.17. The summed E-state index contributed by atoms with van der Waals surface area (Å²) >= 11 is 0. The minimum Gasteiger partial charge on any atom is -0.383 e. The van der Waals surface area contributed by atoms with Crippen molar-refractivity contribution in [1.29, 1.82) is 0 Å². The summed E-state index contributed by atoms with van der Waals surface area (Å²) in [6, 6.07) is 6.78. The molecule has 0 aliphatic heterocycles. The van der Waals surface area contributed by atoms with E-state index in [2.05, 4.69) is 49.6 Å². The van der Waals surface area contributed by atoms with Crippen molar-refractivity contribution >= 4 is 5.91 Å². The van der Waals surface area contributed by atoms with Crippen LogP contribution in [-0.2, 0) is 9.53 Å². The molecule has 112 valence electrons. The highest BCUT2D eigenvalue weighted by Crippen LogP contribution is 2.16. The highest BCUT2D eigenvalue weighted by atomic mass is 16.5. The summed E-state index contributed by atoms with van der Waals surface area (Å²) < 4.78 is 4.88. The number of hydrogen-bond donors (Lipinski definition) is 2. The van der Waals surface area contributed by atoms with E-state index in [-0.39, 0.29) is 11.9 Å². The Kier molecular flexibility index (Phi) is 7.26. The van der Waals surface area contributed by atoms with Crippen LogP contribution in [0.15, 0.2) is 18.2 Å². The zero-order valence-electron chi connectivity index (χ0n) is 13.0. The molecule has 2 N–H and O–H groups in total. The van der Waals surface area contributed by atoms with Crippen LogP contribution in [0, 0.1) is 13.8 Å². The second-order valence-corrected chi connectivity index (χ2v) is 5.19. The smallest absolute Gasteiger partial charge is 0.221 e. The van der Waals surface area contributed by atoms with Gasteiger partial charge in [0.15, 0.2) is 0 Å². The lowest BCUT2D eigenvalue weighted by atomic mass is 10.0. The first-order valence-corrected chi connectivity index (χ1v) is 7.10. The lowest BCUT2D eigenvalue weighted by molar-refractivity contribution is -0.121. The summed E-state index contributed by atoms with van der Waals surface area (Å²) in [4.78, 5) is 11.5. The molecular weight excluding hydrogens is 252 g/mol. The first-order valence-electron chi connectivity index (χ1n) is 7.10. The largest absolute Gasteiger partial charge is 0.383 e. The van der Waals surface area contributed by atoms with Crippen molar-refractivity contribution in [2.24, 2.45) is 0 Å². The summed E-state index contributed by atoms with van der Waals surface area (Å²) in [6.07, 6.45) is 0.485. The van der Waals surface area contributed by atoms with E-state index < -0.39 is 0 Å². The lowest BCUT2D eigenvalue weighted by Gasteiger charge is -2.15. The Morgan fingerprint density at radius 2 is 1.85 bits per heavy atom. The number of carbonyl (C=O) groups is 1. The normalized spacial score (nSPS) is 12.2. The van der Waals surface area contributed by atoms with Gasteiger partial charge >= 0.3 is 0 Å². The highest BCUT2D eigenvalue weighted by molar-refractivity contribution is 5.76. The van der Waals surface area contributed by atoms with Crippen LogP contribution < -0.4 is 10.6 Å². The number of amides is 1. The van der Waals surface area contributed by atoms with Gasteiger partial charge in [-0.3, -0.25) is 4.79 Å². The number of methoxy groups -OCH3 is 1. The van der Waals surface area contributed by atoms with Gasteiger partial charge < -0.3 is 15.4 Å². The number of rotatable bonds is 8. The van der Waals surface area contributed by atoms with Crippen LogP contribution in [0.1, 0.15) is 36.1 Å². The monoisotopic (exact) mass is 278 g/mol. The van der Waals surface area contributed by atoms with Gasteiger partial charge in [0.1, 0.15) is 0 Å². The minimum absolute atomic E-state index is 0.0576. The molecule has 1 rings (SSSR count). The predicted octanol–water partition coefficient (Wildman–Crippen LogP) is 2.11. The molecule has 0 spiro atoms. The van der Waals surface area contributed by atoms with Crippen LogP contribution in [0.2, 0.25) is 0 Å². The Balaban J connectivity index is 2.32. The fourth-order valence-corrected chi connectivity index (χ4v) is 2.16. The molecule has 0 bridgehead atoms. The molecule has 4 nitrogen and oxygen atoms in total. The minimum atomic E-state index is 0.0576. The summed E-state index contributed by atoms with van der Waals surface area (Å²) in [7, 11) is 1.62. The number of nitrogens with one attached hydrogen (secondary N) is 2. The first-order chi connectivity index (χ1) is 9.52. The van der Waals surface area contributed by atoms with Gasteiger partial charge in [-0.25, -0.2) is 0 Å². The number of aryl methyl sites for hydroxylation is 2. The molecule has 0 aliphatic rings. The van der Waals surface area contributed by atoms with Crippen molar-refractivity contribution in [2.75, 3.05) is 26.8 Å². The Morgan fingerprint density at radius 3 is 2.45 bits per heavy atom. The number of carbonyl (C=O) groups excluding carboxylic acids is 1. The zero-order valence-corrected chi connectivity index (χ0v) is 13.0. The molecule has 1 amide bonds. The van der Waals surface area contributed by atoms with Gasteiger partial charge in [-0.1, -0.05) is 29.3 Å². The topological polar surface area (TPSA) is 50.4 Å². The van der Waals surface area contributed by atoms with Crippen molar-refractivity contribution in [3.8, 4) is 0 Å². The molecular formula is C16H26N2O2. The molecule has 4 heteroatoms. The molecule has 1 atom stereocenters. The van der Waals surface area contributed by atoms with Gasteiger partial charge in [-0.05, 0) is 26.3 Å². The summed E-state index contributed by atoms with van der Waals surface area (Å²) in [5, 5.41) is 6.19. The second kappa shape index (κ2) is 8.72. The standard InChI is InChI=1S/C16H26N2O2/c1-12-9-13(2)11-15(10-12)14(3)17-6-5-16(19)18-7-8-20-4/h9-11,14,17H,5-8H2,1-4H3,(H,18,19). The fourth-order valence-electron chi connectivity index (χ4n) is 2.16. The lowest BCUT2D eigenvalue weighted by Crippen LogP contribution is -2.30. The average Bonchev–Trinajstić information content (AvgIpc) is 2.37. The van der Waals surface area contributed by atoms with Gasteiger partial charge in [0.05, 0.1) is 6.61 Å². The third-order valence-corrected chi connectivity index (χ3v) is 3.17. The number of benzene rings is 1. The van der Waals surface area contributed by atoms with E-state index in [4.69, 9.17) is 4.74 Å². The quantitative estimate of drug-likeness (QED) is 0.716. The van der Waals surface area contributed by atoms with Crippen molar-refractivity contribution in [2.45, 2.75) is 33.2 Å². The van der Waals surface area contributed by atoms with Crippen molar-refractivity contribution in [3.63, 3.8) is 0 Å². The molecule has 0 heterocycles. The molecule has 0 saturated carbocycles. The van der Waals surface area contributed by atoms with E-state index in [0.717, 1.165) is 0 Å². The van der Waals surface area contributed by atoms with Gasteiger partial charge in [0, 0.05) is 32.7 Å². The maximum absolute atomic E-state index is 11.5. The number of hydrogen-bond acceptors (Lipinski definition) is 3. The van der Waals surface area contributed by atoms with Crippen LogP contribution in [-0.4, -0.2) is 32.7 Å². The van der Waals surface area contributed by atoms with Crippen LogP contribution in [0.5, 0.6) is 0 Å². The van der Waals surface area contributed by atoms with E-state index in [1.165, 1.54) is 16.7 Å². The second-order valence-electron chi connectivity index (χ2n) is 5.19. The molecule has 20 heavy (non-hydrogen) atoms. The van der Waals surface area contributed by atoms with E-state index in [9.17, 15) is 4.79 Å². The fraction of sp³-hybridized carbons (Fsp3) is 0.562. The van der Waals surface area contributed by atoms with Gasteiger partial charge in [0.25, 0.3) is 0 Å². The maximum atomic E-state index is 11.5. The van der Waals surface area contributed by atoms with Crippen molar-refractivity contribution in [3.05, 3.63) is 34.9 Å². The maximum Gasteiger partial charge on any atom is 0.221 e. The van der Waals surface area contributed by atoms with E-state index in [1.807, 2.05) is 0 Å². The zero-order chi connectivity index (χ0) is 15.0. The Morgan fingerprint density at radius 1 is 1.20 bits per heavy atom. The van der Waals surface area contributed by atoms with E-state index >= 15 is 0 Å². The third-order valence-electron chi connectivity index (χ3n) is 3.17. The average molecular weight is 278 g/mol. The van der Waals surface area contributed by atoms with E-state index in [0.29, 0.717) is 26.1 Å². The highest BCUT2D eigenvalue weighted by Gasteiger charge is 2.07. The van der Waals surface area contributed by atoms with Crippen LogP contribution >= 0.6 is 0 Å². The molecule has 0 fully saturated rings. The predicted molar refractivity (Wildman–Crippen MR) is 81.8 cm³/mol. The van der Waals surface area contributed by atoms with Crippen LogP contribution in [0.3, 0.4) is 0 Å². The van der Waals surface area contributed by atoms with Gasteiger partial charge in [-0.2, -0.15) is 0 Å². The molecule has 0 aliphatic carbocycles. The molecule has 0 radical (unpaired) electrons. The molecule has 1 unspecified atom stereocenters. The van der Waals surface area contributed by atoms with E-state index in [1.54, 1.807) is 7.11 Å². The SMILES string of the molecule is COCCNC(=O)CCNC(C)c1cc(C)cc(C)c1. The summed E-state index contributed by atoms with van der Waals surface area (Å²) in [6.45, 7) is 8.13. The van der Waals surface area contributed by atoms with Gasteiger partial charge in [0.2, 0.25) is 5.91 Å². The van der Waals surface area contributed by atoms with Crippen LogP contribution in [0.25, 0.3) is 0 Å². The molecule has 0 saturated heterocycles. The van der Waals surface area contributed by atoms with Crippen molar-refractivity contribution in [1.82, 2.24) is 10.6 Å². The van der Waals surface area contributed by atoms with Gasteiger partial charge in [-0.15, -0.1) is 0 Å². The number of ether oxygens (including phenoxy) is 1. The summed E-state index contributed by atoms with van der Waals surface area (Å²) in [5.41, 5.74) is 3.80. The first kappa shape index (κ1) is 16.7.